The van der Waals surface area contributed by atoms with Gasteiger partial charge in [0.25, 0.3) is 0 Å². The van der Waals surface area contributed by atoms with Crippen LogP contribution < -0.4 is 0 Å². The number of hydrogen-bond donors (Lipinski definition) is 0. The van der Waals surface area contributed by atoms with E-state index in [1.54, 1.807) is 0 Å². The fourth-order valence-corrected chi connectivity index (χ4v) is 0. The molecule has 0 saturated heterocycles. The van der Waals surface area contributed by atoms with E-state index >= 15 is 0 Å². The number of hydrogen-bond acceptors (Lipinski definition) is 0. The van der Waals surface area contributed by atoms with Crippen molar-refractivity contribution in [2.75, 3.05) is 0 Å². The molecule has 35 valence electrons. The van der Waals surface area contributed by atoms with Gasteiger partial charge in [0, 0.05) is 25.8 Å². The van der Waals surface area contributed by atoms with Crippen molar-refractivity contribution in [3.05, 3.63) is 0 Å². The van der Waals surface area contributed by atoms with Crippen molar-refractivity contribution in [2.24, 2.45) is 5.92 Å². The smallest absolute Gasteiger partial charge is 0 e. The third-order valence-electron chi connectivity index (χ3n) is 0.816. The van der Waals surface area contributed by atoms with Gasteiger partial charge in [0.1, 0.15) is 0 Å². The zero-order chi connectivity index (χ0) is 4.28. The molecule has 0 heterocycles. The predicted molar refractivity (Wildman–Crippen MR) is 25.1 cm³/mol. The summed E-state index contributed by atoms with van der Waals surface area (Å²) in [6.45, 7) is 6.64. The molecule has 0 nitrogen and oxygen atoms in total. The van der Waals surface area contributed by atoms with E-state index in [0.717, 1.165) is 5.92 Å². The van der Waals surface area contributed by atoms with Crippen molar-refractivity contribution in [3.8, 4) is 0 Å². The van der Waals surface area contributed by atoms with Crippen LogP contribution in [0.25, 0.3) is 0 Å². The van der Waals surface area contributed by atoms with Gasteiger partial charge in [0.2, 0.25) is 0 Å². The first kappa shape index (κ1) is 9.98. The van der Waals surface area contributed by atoms with Crippen LogP contribution in [0.3, 0.4) is 0 Å². The average Bonchev–Trinajstić information content (AvgIpc) is 1.38. The molecule has 1 radical (unpaired) electrons. The first-order valence-corrected chi connectivity index (χ1v) is 2.27. The maximum absolute atomic E-state index is 2.22. The van der Waals surface area contributed by atoms with Crippen LogP contribution in [-0.4, -0.2) is 0 Å². The van der Waals surface area contributed by atoms with E-state index in [1.807, 2.05) is 0 Å². The van der Waals surface area contributed by atoms with E-state index < -0.39 is 0 Å². The first-order valence-electron chi connectivity index (χ1n) is 2.27. The van der Waals surface area contributed by atoms with Crippen molar-refractivity contribution in [1.82, 2.24) is 0 Å². The maximum atomic E-state index is 2.22. The summed E-state index contributed by atoms with van der Waals surface area (Å²) in [6, 6.07) is 0. The average molecular weight is 117 g/mol. The predicted octanol–water partition coefficient (Wildman–Crippen LogP) is 2.05. The topological polar surface area (TPSA) is 0 Å². The Labute approximate surface area is 59.1 Å². The van der Waals surface area contributed by atoms with E-state index in [9.17, 15) is 0 Å². The van der Waals surface area contributed by atoms with Crippen LogP contribution >= 0.6 is 0 Å². The summed E-state index contributed by atoms with van der Waals surface area (Å²) in [5.41, 5.74) is 0. The van der Waals surface area contributed by atoms with Crippen LogP contribution in [-0.2, 0) is 25.8 Å². The second-order valence-electron chi connectivity index (χ2n) is 1.80. The Kier molecular flexibility index (Phi) is 9.77. The van der Waals surface area contributed by atoms with Gasteiger partial charge in [-0.2, -0.15) is 0 Å². The summed E-state index contributed by atoms with van der Waals surface area (Å²) in [6.07, 6.45) is 1.31. The molecule has 6 heavy (non-hydrogen) atoms. The summed E-state index contributed by atoms with van der Waals surface area (Å²) in [4.78, 5) is 0. The minimum absolute atomic E-state index is 0. The molecular weight excluding hydrogens is 105 g/mol. The SMILES string of the molecule is CCC(C)C.[Sc]. The summed E-state index contributed by atoms with van der Waals surface area (Å²) < 4.78 is 0. The third-order valence-corrected chi connectivity index (χ3v) is 0.816. The molecule has 0 aromatic heterocycles. The molecule has 0 atom stereocenters. The zero-order valence-corrected chi connectivity index (χ0v) is 6.66. The summed E-state index contributed by atoms with van der Waals surface area (Å²) in [5.74, 6) is 0.884. The molecule has 0 amide bonds. The molecule has 0 fully saturated rings. The second-order valence-corrected chi connectivity index (χ2v) is 1.80. The van der Waals surface area contributed by atoms with Crippen LogP contribution in [0.15, 0.2) is 0 Å². The Morgan fingerprint density at radius 2 is 1.50 bits per heavy atom. The van der Waals surface area contributed by atoms with E-state index in [0.29, 0.717) is 0 Å². The fourth-order valence-electron chi connectivity index (χ4n) is 0. The van der Waals surface area contributed by atoms with Crippen molar-refractivity contribution in [2.45, 2.75) is 27.2 Å². The minimum Gasteiger partial charge on any atom is -0.0651 e. The van der Waals surface area contributed by atoms with Gasteiger partial charge in [0.05, 0.1) is 0 Å². The normalized spacial score (nSPS) is 8.00. The maximum Gasteiger partial charge on any atom is 0 e. The second kappa shape index (κ2) is 5.87. The Morgan fingerprint density at radius 3 is 1.50 bits per heavy atom. The minimum atomic E-state index is 0. The van der Waals surface area contributed by atoms with Crippen molar-refractivity contribution >= 4 is 0 Å². The van der Waals surface area contributed by atoms with E-state index in [2.05, 4.69) is 20.8 Å². The molecule has 0 aliphatic heterocycles. The van der Waals surface area contributed by atoms with Crippen LogP contribution in [0.4, 0.5) is 0 Å². The van der Waals surface area contributed by atoms with Crippen molar-refractivity contribution < 1.29 is 25.8 Å². The van der Waals surface area contributed by atoms with E-state index in [1.165, 1.54) is 6.42 Å². The molecular formula is C5H12Sc. The Morgan fingerprint density at radius 1 is 1.33 bits per heavy atom. The molecule has 0 aromatic carbocycles. The molecule has 0 aliphatic carbocycles. The van der Waals surface area contributed by atoms with Crippen LogP contribution in [0, 0.1) is 5.92 Å². The van der Waals surface area contributed by atoms with Gasteiger partial charge in [-0.05, 0) is 5.92 Å². The van der Waals surface area contributed by atoms with Crippen LogP contribution in [0.2, 0.25) is 0 Å². The van der Waals surface area contributed by atoms with Gasteiger partial charge in [0.15, 0.2) is 0 Å². The molecule has 1 heteroatoms. The van der Waals surface area contributed by atoms with Crippen LogP contribution in [0.5, 0.6) is 0 Å². The van der Waals surface area contributed by atoms with Crippen molar-refractivity contribution in [1.29, 1.82) is 0 Å². The Balaban J connectivity index is 0. The molecule has 0 saturated carbocycles. The van der Waals surface area contributed by atoms with Gasteiger partial charge in [-0.25, -0.2) is 0 Å². The monoisotopic (exact) mass is 117 g/mol. The zero-order valence-electron chi connectivity index (χ0n) is 4.86. The van der Waals surface area contributed by atoms with Crippen LogP contribution in [0.1, 0.15) is 27.2 Å². The van der Waals surface area contributed by atoms with E-state index in [-0.39, 0.29) is 25.8 Å². The van der Waals surface area contributed by atoms with Gasteiger partial charge in [-0.1, -0.05) is 27.2 Å². The molecule has 0 unspecified atom stereocenters. The Bertz CT molecular complexity index is 17.9. The largest absolute Gasteiger partial charge is 0.0651 e. The Hall–Kier alpha value is 0.870. The van der Waals surface area contributed by atoms with Gasteiger partial charge < -0.3 is 0 Å². The molecule has 0 N–H and O–H groups in total. The van der Waals surface area contributed by atoms with Gasteiger partial charge >= 0.3 is 0 Å². The van der Waals surface area contributed by atoms with Gasteiger partial charge in [-0.15, -0.1) is 0 Å². The van der Waals surface area contributed by atoms with Crippen molar-refractivity contribution in [3.63, 3.8) is 0 Å². The summed E-state index contributed by atoms with van der Waals surface area (Å²) >= 11 is 0. The molecule has 0 aliphatic rings. The molecule has 0 bridgehead atoms. The summed E-state index contributed by atoms with van der Waals surface area (Å²) in [7, 11) is 0. The molecule has 0 spiro atoms. The number of rotatable bonds is 1. The van der Waals surface area contributed by atoms with Gasteiger partial charge in [-0.3, -0.25) is 0 Å². The fraction of sp³-hybridized carbons (Fsp3) is 1.00. The third kappa shape index (κ3) is 8.85. The quantitative estimate of drug-likeness (QED) is 0.493. The summed E-state index contributed by atoms with van der Waals surface area (Å²) in [5, 5.41) is 0. The standard InChI is InChI=1S/C5H12.Sc/c1-4-5(2)3;/h5H,4H2,1-3H3;. The molecule has 0 rings (SSSR count). The first-order chi connectivity index (χ1) is 2.27. The van der Waals surface area contributed by atoms with E-state index in [4.69, 9.17) is 0 Å². The molecule has 0 aromatic rings.